The third-order valence-electron chi connectivity index (χ3n) is 3.65. The minimum Gasteiger partial charge on any atom is -0.490 e. The summed E-state index contributed by atoms with van der Waals surface area (Å²) in [6.45, 7) is 3.15. The van der Waals surface area contributed by atoms with Crippen molar-refractivity contribution in [1.82, 2.24) is 4.81 Å². The zero-order valence-corrected chi connectivity index (χ0v) is 13.9. The molecule has 1 aliphatic heterocycles. The van der Waals surface area contributed by atoms with Gasteiger partial charge in [0.1, 0.15) is 18.2 Å². The zero-order valence-electron chi connectivity index (χ0n) is 13.1. The van der Waals surface area contributed by atoms with Gasteiger partial charge >= 0.3 is 0 Å². The number of hydrogen-bond donors (Lipinski definition) is 1. The van der Waals surface area contributed by atoms with Gasteiger partial charge < -0.3 is 20.2 Å². The van der Waals surface area contributed by atoms with Gasteiger partial charge in [-0.3, -0.25) is 0 Å². The normalized spacial score (nSPS) is 14.7. The van der Waals surface area contributed by atoms with E-state index in [-0.39, 0.29) is 0 Å². The lowest BCUT2D eigenvalue weighted by molar-refractivity contribution is 0.306. The largest absolute Gasteiger partial charge is 0.490 e. The first-order chi connectivity index (χ1) is 11.1. The third-order valence-corrected chi connectivity index (χ3v) is 4.54. The third kappa shape index (κ3) is 3.86. The topological polar surface area (TPSA) is 54.1 Å². The molecule has 2 radical (unpaired) electrons. The average Bonchev–Trinajstić information content (AvgIpc) is 3.07. The number of ether oxygens (including phenoxy) is 1. The van der Waals surface area contributed by atoms with E-state index in [1.807, 2.05) is 42.8 Å². The van der Waals surface area contributed by atoms with Gasteiger partial charge in [0.2, 0.25) is 0 Å². The highest BCUT2D eigenvalue weighted by atomic mass is 32.1. The Bertz CT molecular complexity index is 687. The number of fused-ring (bicyclic) bond motifs is 1. The Morgan fingerprint density at radius 2 is 2.35 bits per heavy atom. The summed E-state index contributed by atoms with van der Waals surface area (Å²) in [7, 11) is 7.58. The Morgan fingerprint density at radius 3 is 3.09 bits per heavy atom. The Labute approximate surface area is 141 Å². The fraction of sp³-hybridized carbons (Fsp3) is 0.312. The number of amidine groups is 1. The van der Waals surface area contributed by atoms with E-state index in [1.165, 1.54) is 0 Å². The molecule has 5 nitrogen and oxygen atoms in total. The maximum atomic E-state index is 6.07. The Hall–Kier alpha value is -1.99. The fourth-order valence-corrected chi connectivity index (χ4v) is 3.09. The van der Waals surface area contributed by atoms with E-state index in [0.29, 0.717) is 12.4 Å². The molecule has 7 heteroatoms. The minimum absolute atomic E-state index is 0.532. The minimum atomic E-state index is 0.532. The first-order valence-corrected chi connectivity index (χ1v) is 8.37. The molecule has 3 rings (SSSR count). The predicted molar refractivity (Wildman–Crippen MR) is 97.2 cm³/mol. The van der Waals surface area contributed by atoms with Gasteiger partial charge in [0.05, 0.1) is 22.8 Å². The summed E-state index contributed by atoms with van der Waals surface area (Å²) >= 11 is 1.58. The molecule has 0 fully saturated rings. The molecule has 118 valence electrons. The summed E-state index contributed by atoms with van der Waals surface area (Å²) in [5, 5.41) is 1.99. The first-order valence-electron chi connectivity index (χ1n) is 7.49. The first kappa shape index (κ1) is 15.9. The van der Waals surface area contributed by atoms with Crippen LogP contribution >= 0.6 is 11.3 Å². The maximum Gasteiger partial charge on any atom is 0.182 e. The summed E-state index contributed by atoms with van der Waals surface area (Å²) in [5.74, 6) is 1.41. The van der Waals surface area contributed by atoms with Crippen molar-refractivity contribution in [2.75, 3.05) is 38.2 Å². The van der Waals surface area contributed by atoms with Crippen molar-refractivity contribution in [2.45, 2.75) is 0 Å². The van der Waals surface area contributed by atoms with Crippen molar-refractivity contribution in [1.29, 1.82) is 0 Å². The van der Waals surface area contributed by atoms with Gasteiger partial charge in [0.25, 0.3) is 0 Å². The summed E-state index contributed by atoms with van der Waals surface area (Å²) < 4.78 is 5.73. The Balaban J connectivity index is 1.84. The molecule has 1 aromatic carbocycles. The molecule has 0 aliphatic carbocycles. The second kappa shape index (κ2) is 7.06. The molecule has 1 aromatic heterocycles. The summed E-state index contributed by atoms with van der Waals surface area (Å²) in [5.41, 5.74) is 7.94. The van der Waals surface area contributed by atoms with Crippen LogP contribution in [0.3, 0.4) is 0 Å². The van der Waals surface area contributed by atoms with Crippen LogP contribution in [0, 0.1) is 0 Å². The van der Waals surface area contributed by atoms with E-state index < -0.39 is 0 Å². The van der Waals surface area contributed by atoms with Crippen LogP contribution in [0.4, 0.5) is 11.4 Å². The molecule has 1 aliphatic rings. The summed E-state index contributed by atoms with van der Waals surface area (Å²) in [4.78, 5) is 9.45. The number of nitrogens with zero attached hydrogens (tertiary/aromatic N) is 3. The molecular weight excluding hydrogens is 307 g/mol. The van der Waals surface area contributed by atoms with E-state index in [2.05, 4.69) is 9.89 Å². The number of aliphatic imine (C=N–C) groups is 1. The van der Waals surface area contributed by atoms with Crippen LogP contribution in [-0.4, -0.2) is 51.9 Å². The molecule has 0 amide bonds. The standard InChI is InChI=1S/C16H19BN4OS/c1-20(17)6-7-21-8-9-22-14-5-4-12(11-13(14)21)19-16(18)15-3-2-10-23-15/h2-5,10-11H,6-9H2,1H3,(H2,18,19). The number of thiophene rings is 1. The van der Waals surface area contributed by atoms with Crippen molar-refractivity contribution in [2.24, 2.45) is 10.7 Å². The molecule has 2 heterocycles. The van der Waals surface area contributed by atoms with Crippen LogP contribution < -0.4 is 15.4 Å². The SMILES string of the molecule is [B]N(C)CCN1CCOc2ccc(N=C(N)c3cccs3)cc21. The van der Waals surface area contributed by atoms with Crippen molar-refractivity contribution < 1.29 is 4.74 Å². The molecule has 2 aromatic rings. The Kier molecular flexibility index (Phi) is 4.88. The van der Waals surface area contributed by atoms with Gasteiger partial charge in [-0.2, -0.15) is 0 Å². The number of likely N-dealkylation sites (N-methyl/N-ethyl adjacent to an activating group) is 1. The number of rotatable bonds is 5. The maximum absolute atomic E-state index is 6.07. The highest BCUT2D eigenvalue weighted by Gasteiger charge is 2.18. The van der Waals surface area contributed by atoms with Crippen LogP contribution in [0.5, 0.6) is 5.75 Å². The second-order valence-corrected chi connectivity index (χ2v) is 6.39. The smallest absolute Gasteiger partial charge is 0.182 e. The van der Waals surface area contributed by atoms with Crippen LogP contribution in [0.2, 0.25) is 0 Å². The molecule has 0 spiro atoms. The fourth-order valence-electron chi connectivity index (χ4n) is 2.46. The van der Waals surface area contributed by atoms with Gasteiger partial charge in [0, 0.05) is 13.1 Å². The van der Waals surface area contributed by atoms with Gasteiger partial charge in [-0.1, -0.05) is 6.07 Å². The predicted octanol–water partition coefficient (Wildman–Crippen LogP) is 2.00. The van der Waals surface area contributed by atoms with Crippen molar-refractivity contribution >= 4 is 36.5 Å². The molecule has 0 atom stereocenters. The van der Waals surface area contributed by atoms with Gasteiger partial charge in [-0.05, 0) is 36.7 Å². The van der Waals surface area contributed by atoms with Gasteiger partial charge in [-0.25, -0.2) is 4.99 Å². The van der Waals surface area contributed by atoms with Crippen LogP contribution in [0.25, 0.3) is 0 Å². The van der Waals surface area contributed by atoms with E-state index >= 15 is 0 Å². The molecule has 23 heavy (non-hydrogen) atoms. The monoisotopic (exact) mass is 326 g/mol. The molecule has 0 saturated heterocycles. The molecular formula is C16H19BN4OS. The van der Waals surface area contributed by atoms with Crippen LogP contribution in [-0.2, 0) is 0 Å². The van der Waals surface area contributed by atoms with Crippen molar-refractivity contribution in [3.63, 3.8) is 0 Å². The Morgan fingerprint density at radius 1 is 1.48 bits per heavy atom. The van der Waals surface area contributed by atoms with E-state index in [9.17, 15) is 0 Å². The zero-order chi connectivity index (χ0) is 16.2. The average molecular weight is 326 g/mol. The molecule has 0 saturated carbocycles. The highest BCUT2D eigenvalue weighted by molar-refractivity contribution is 7.12. The van der Waals surface area contributed by atoms with Gasteiger partial charge in [0.15, 0.2) is 7.98 Å². The summed E-state index contributed by atoms with van der Waals surface area (Å²) in [6.07, 6.45) is 0. The lowest BCUT2D eigenvalue weighted by Crippen LogP contribution is -2.37. The number of hydrogen-bond acceptors (Lipinski definition) is 5. The number of anilines is 1. The van der Waals surface area contributed by atoms with E-state index in [0.717, 1.165) is 41.6 Å². The number of nitrogens with two attached hydrogens (primary N) is 1. The van der Waals surface area contributed by atoms with Crippen LogP contribution in [0.1, 0.15) is 4.88 Å². The molecule has 2 N–H and O–H groups in total. The highest BCUT2D eigenvalue weighted by Crippen LogP contribution is 2.35. The number of benzene rings is 1. The van der Waals surface area contributed by atoms with Crippen molar-refractivity contribution in [3.8, 4) is 5.75 Å². The van der Waals surface area contributed by atoms with E-state index in [1.54, 1.807) is 16.1 Å². The lowest BCUT2D eigenvalue weighted by atomic mass is 10.2. The van der Waals surface area contributed by atoms with Crippen LogP contribution in [0.15, 0.2) is 40.7 Å². The summed E-state index contributed by atoms with van der Waals surface area (Å²) in [6, 6.07) is 9.83. The quantitative estimate of drug-likeness (QED) is 0.519. The van der Waals surface area contributed by atoms with Crippen molar-refractivity contribution in [3.05, 3.63) is 40.6 Å². The molecule has 0 unspecified atom stereocenters. The van der Waals surface area contributed by atoms with Gasteiger partial charge in [-0.15, -0.1) is 11.3 Å². The second-order valence-electron chi connectivity index (χ2n) is 5.44. The van der Waals surface area contributed by atoms with E-state index in [4.69, 9.17) is 18.5 Å². The lowest BCUT2D eigenvalue weighted by Gasteiger charge is -2.32. The molecule has 0 bridgehead atoms.